The van der Waals surface area contributed by atoms with E-state index < -0.39 is 0 Å². The average molecular weight is 503 g/mol. The Balaban J connectivity index is 1.53. The minimum atomic E-state index is -0.0889. The average Bonchev–Trinajstić information content (AvgIpc) is 3.01. The first-order valence-electron chi connectivity index (χ1n) is 8.87. The zero-order valence-electron chi connectivity index (χ0n) is 15.4. The predicted molar refractivity (Wildman–Crippen MR) is 122 cm³/mol. The Hall–Kier alpha value is -2.20. The summed E-state index contributed by atoms with van der Waals surface area (Å²) in [5, 5.41) is 13.1. The fourth-order valence-electron chi connectivity index (χ4n) is 3.15. The standard InChI is InChI=1S/C20H18IN5OS/c1-3-26-16-7-5-4-6-14(16)18-19(26)23-20(25-24-18)28-11-17(27)22-15-9-8-13(21)10-12(15)2/h4-10H,3,11H2,1-2H3,(H,22,27). The number of para-hydroxylation sites is 1. The van der Waals surface area contributed by atoms with Gasteiger partial charge >= 0.3 is 0 Å². The van der Waals surface area contributed by atoms with Crippen LogP contribution in [0.15, 0.2) is 47.6 Å². The molecule has 28 heavy (non-hydrogen) atoms. The number of nitrogens with zero attached hydrogens (tertiary/aromatic N) is 4. The third-order valence-electron chi connectivity index (χ3n) is 4.47. The number of rotatable bonds is 5. The van der Waals surface area contributed by atoms with Gasteiger partial charge in [0.1, 0.15) is 5.52 Å². The summed E-state index contributed by atoms with van der Waals surface area (Å²) in [6, 6.07) is 14.0. The van der Waals surface area contributed by atoms with E-state index in [1.54, 1.807) is 0 Å². The number of nitrogens with one attached hydrogen (secondary N) is 1. The lowest BCUT2D eigenvalue weighted by atomic mass is 10.2. The molecule has 142 valence electrons. The zero-order valence-corrected chi connectivity index (χ0v) is 18.4. The normalized spacial score (nSPS) is 11.2. The van der Waals surface area contributed by atoms with Gasteiger partial charge in [0, 0.05) is 21.2 Å². The minimum absolute atomic E-state index is 0.0889. The van der Waals surface area contributed by atoms with E-state index in [0.29, 0.717) is 5.16 Å². The van der Waals surface area contributed by atoms with Gasteiger partial charge in [-0.25, -0.2) is 4.98 Å². The van der Waals surface area contributed by atoms with Crippen molar-refractivity contribution in [2.45, 2.75) is 25.5 Å². The number of fused-ring (bicyclic) bond motifs is 3. The van der Waals surface area contributed by atoms with Crippen LogP contribution in [0, 0.1) is 10.5 Å². The number of carbonyl (C=O) groups is 1. The van der Waals surface area contributed by atoms with Crippen LogP contribution in [0.5, 0.6) is 0 Å². The molecule has 0 radical (unpaired) electrons. The van der Waals surface area contributed by atoms with Crippen LogP contribution in [-0.2, 0) is 11.3 Å². The number of thioether (sulfide) groups is 1. The van der Waals surface area contributed by atoms with Crippen LogP contribution in [0.3, 0.4) is 0 Å². The monoisotopic (exact) mass is 503 g/mol. The van der Waals surface area contributed by atoms with E-state index in [4.69, 9.17) is 0 Å². The first-order valence-corrected chi connectivity index (χ1v) is 10.9. The zero-order chi connectivity index (χ0) is 19.7. The maximum Gasteiger partial charge on any atom is 0.234 e. The van der Waals surface area contributed by atoms with E-state index >= 15 is 0 Å². The number of halogens is 1. The van der Waals surface area contributed by atoms with E-state index in [1.807, 2.05) is 43.3 Å². The van der Waals surface area contributed by atoms with Gasteiger partial charge in [0.25, 0.3) is 0 Å². The Bertz CT molecular complexity index is 1190. The largest absolute Gasteiger partial charge is 0.325 e. The van der Waals surface area contributed by atoms with Gasteiger partial charge in [0.05, 0.1) is 11.3 Å². The van der Waals surface area contributed by atoms with E-state index in [-0.39, 0.29) is 11.7 Å². The van der Waals surface area contributed by atoms with Gasteiger partial charge in [0.2, 0.25) is 11.1 Å². The summed E-state index contributed by atoms with van der Waals surface area (Å²) in [6.45, 7) is 4.85. The number of hydrogen-bond acceptors (Lipinski definition) is 5. The third kappa shape index (κ3) is 3.70. The molecule has 0 saturated carbocycles. The highest BCUT2D eigenvalue weighted by molar-refractivity contribution is 14.1. The van der Waals surface area contributed by atoms with Crippen molar-refractivity contribution in [3.05, 3.63) is 51.6 Å². The van der Waals surface area contributed by atoms with Gasteiger partial charge < -0.3 is 9.88 Å². The Labute approximate surface area is 180 Å². The summed E-state index contributed by atoms with van der Waals surface area (Å²) in [7, 11) is 0. The SMILES string of the molecule is CCn1c2ccccc2c2nnc(SCC(=O)Nc3ccc(I)cc3C)nc21. The van der Waals surface area contributed by atoms with Crippen LogP contribution >= 0.6 is 34.4 Å². The van der Waals surface area contributed by atoms with Crippen LogP contribution in [0.4, 0.5) is 5.69 Å². The highest BCUT2D eigenvalue weighted by Crippen LogP contribution is 2.27. The highest BCUT2D eigenvalue weighted by Gasteiger charge is 2.14. The van der Waals surface area contributed by atoms with E-state index in [0.717, 1.165) is 43.4 Å². The first-order chi connectivity index (χ1) is 13.6. The molecule has 4 rings (SSSR count). The summed E-state index contributed by atoms with van der Waals surface area (Å²) >= 11 is 3.54. The quantitative estimate of drug-likeness (QED) is 0.317. The van der Waals surface area contributed by atoms with E-state index in [1.165, 1.54) is 11.8 Å². The molecule has 4 aromatic rings. The molecule has 6 nitrogen and oxygen atoms in total. The molecule has 2 aromatic heterocycles. The second-order valence-electron chi connectivity index (χ2n) is 6.32. The first kappa shape index (κ1) is 19.1. The Morgan fingerprint density at radius 3 is 2.82 bits per heavy atom. The number of carbonyl (C=O) groups excluding carboxylic acids is 1. The smallest absolute Gasteiger partial charge is 0.234 e. The van der Waals surface area contributed by atoms with Crippen molar-refractivity contribution in [1.29, 1.82) is 0 Å². The summed E-state index contributed by atoms with van der Waals surface area (Å²) in [5.41, 5.74) is 4.55. The summed E-state index contributed by atoms with van der Waals surface area (Å²) < 4.78 is 3.26. The van der Waals surface area contributed by atoms with Crippen molar-refractivity contribution in [3.8, 4) is 0 Å². The molecule has 0 bridgehead atoms. The third-order valence-corrected chi connectivity index (χ3v) is 5.97. The number of aryl methyl sites for hydroxylation is 2. The number of aromatic nitrogens is 4. The second-order valence-corrected chi connectivity index (χ2v) is 8.51. The fraction of sp³-hybridized carbons (Fsp3) is 0.200. The van der Waals surface area contributed by atoms with Gasteiger partial charge in [-0.05, 0) is 66.3 Å². The van der Waals surface area contributed by atoms with Gasteiger partial charge in [0.15, 0.2) is 5.65 Å². The molecule has 0 unspecified atom stereocenters. The van der Waals surface area contributed by atoms with E-state index in [2.05, 4.69) is 60.6 Å². The van der Waals surface area contributed by atoms with Crippen LogP contribution in [0.25, 0.3) is 22.1 Å². The minimum Gasteiger partial charge on any atom is -0.325 e. The molecule has 0 saturated heterocycles. The van der Waals surface area contributed by atoms with Crippen molar-refractivity contribution in [2.24, 2.45) is 0 Å². The lowest BCUT2D eigenvalue weighted by Gasteiger charge is -2.08. The summed E-state index contributed by atoms with van der Waals surface area (Å²) in [4.78, 5) is 17.0. The fourth-order valence-corrected chi connectivity index (χ4v) is 4.38. The van der Waals surface area contributed by atoms with Crippen molar-refractivity contribution in [3.63, 3.8) is 0 Å². The number of hydrogen-bond donors (Lipinski definition) is 1. The molecular weight excluding hydrogens is 485 g/mol. The lowest BCUT2D eigenvalue weighted by molar-refractivity contribution is -0.113. The van der Waals surface area contributed by atoms with Crippen LogP contribution in [0.2, 0.25) is 0 Å². The molecule has 0 aliphatic rings. The van der Waals surface area contributed by atoms with Crippen molar-refractivity contribution in [2.75, 3.05) is 11.1 Å². The predicted octanol–water partition coefficient (Wildman–Crippen LogP) is 4.64. The molecule has 1 N–H and O–H groups in total. The van der Waals surface area contributed by atoms with Crippen molar-refractivity contribution >= 4 is 68.0 Å². The summed E-state index contributed by atoms with van der Waals surface area (Å²) in [5.74, 6) is 0.138. The van der Waals surface area contributed by atoms with Crippen LogP contribution in [-0.4, -0.2) is 31.4 Å². The van der Waals surface area contributed by atoms with Crippen molar-refractivity contribution < 1.29 is 4.79 Å². The lowest BCUT2D eigenvalue weighted by Crippen LogP contribution is -2.15. The Morgan fingerprint density at radius 2 is 2.04 bits per heavy atom. The van der Waals surface area contributed by atoms with E-state index in [9.17, 15) is 4.79 Å². The Morgan fingerprint density at radius 1 is 1.21 bits per heavy atom. The van der Waals surface area contributed by atoms with Gasteiger partial charge in [-0.2, -0.15) is 0 Å². The Kier molecular flexibility index (Phi) is 5.49. The molecule has 0 spiro atoms. The second kappa shape index (κ2) is 8.04. The maximum atomic E-state index is 12.3. The van der Waals surface area contributed by atoms with Gasteiger partial charge in [-0.15, -0.1) is 10.2 Å². The number of amides is 1. The topological polar surface area (TPSA) is 72.7 Å². The van der Waals surface area contributed by atoms with Crippen molar-refractivity contribution in [1.82, 2.24) is 19.7 Å². The van der Waals surface area contributed by atoms with Gasteiger partial charge in [-0.3, -0.25) is 4.79 Å². The molecule has 2 aromatic carbocycles. The molecule has 2 heterocycles. The molecule has 0 atom stereocenters. The molecular formula is C20H18IN5OS. The molecule has 0 aliphatic carbocycles. The molecule has 8 heteroatoms. The summed E-state index contributed by atoms with van der Waals surface area (Å²) in [6.07, 6.45) is 0. The van der Waals surface area contributed by atoms with Gasteiger partial charge in [-0.1, -0.05) is 30.0 Å². The maximum absolute atomic E-state index is 12.3. The van der Waals surface area contributed by atoms with Crippen LogP contribution < -0.4 is 5.32 Å². The highest BCUT2D eigenvalue weighted by atomic mass is 127. The number of anilines is 1. The molecule has 0 fully saturated rings. The number of benzene rings is 2. The van der Waals surface area contributed by atoms with Crippen LogP contribution in [0.1, 0.15) is 12.5 Å². The molecule has 1 amide bonds. The molecule has 0 aliphatic heterocycles.